The fourth-order valence-electron chi connectivity index (χ4n) is 1.16. The Bertz CT molecular complexity index is 351. The normalized spacial score (nSPS) is 11.8. The van der Waals surface area contributed by atoms with E-state index in [9.17, 15) is 4.79 Å². The first-order valence-electron chi connectivity index (χ1n) is 5.50. The van der Waals surface area contributed by atoms with Crippen molar-refractivity contribution in [2.24, 2.45) is 0 Å². The molecule has 1 aromatic rings. The topological polar surface area (TPSA) is 59.8 Å². The van der Waals surface area contributed by atoms with Crippen LogP contribution in [-0.4, -0.2) is 26.3 Å². The lowest BCUT2D eigenvalue weighted by Gasteiger charge is -2.19. The highest BCUT2D eigenvalue weighted by Crippen LogP contribution is 2.01. The van der Waals surface area contributed by atoms with Gasteiger partial charge in [-0.1, -0.05) is 5.21 Å². The lowest BCUT2D eigenvalue weighted by Crippen LogP contribution is -2.35. The Labute approximate surface area is 96.2 Å². The number of Topliss-reactive ketones (excluding diaryl/α,β-unsaturated/α-hetero) is 1. The zero-order chi connectivity index (χ0) is 12.2. The molecule has 0 aromatic carbocycles. The number of aryl methyl sites for hydroxylation is 1. The van der Waals surface area contributed by atoms with Crippen LogP contribution in [-0.2, 0) is 17.9 Å². The summed E-state index contributed by atoms with van der Waals surface area (Å²) in [5, 5.41) is 11.3. The predicted molar refractivity (Wildman–Crippen MR) is 61.9 cm³/mol. The second-order valence-corrected chi connectivity index (χ2v) is 5.03. The third-order valence-electron chi connectivity index (χ3n) is 2.08. The van der Waals surface area contributed by atoms with E-state index in [1.54, 1.807) is 11.6 Å². The average Bonchev–Trinajstić information content (AvgIpc) is 2.58. The quantitative estimate of drug-likeness (QED) is 0.815. The summed E-state index contributed by atoms with van der Waals surface area (Å²) in [6, 6.07) is 0. The van der Waals surface area contributed by atoms with E-state index < -0.39 is 0 Å². The number of nitrogens with zero attached hydrogens (tertiary/aromatic N) is 3. The third-order valence-corrected chi connectivity index (χ3v) is 2.08. The maximum Gasteiger partial charge on any atom is 0.131 e. The van der Waals surface area contributed by atoms with Crippen molar-refractivity contribution in [3.05, 3.63) is 11.9 Å². The first-order chi connectivity index (χ1) is 7.37. The Morgan fingerprint density at radius 3 is 2.75 bits per heavy atom. The van der Waals surface area contributed by atoms with Crippen LogP contribution in [0.25, 0.3) is 0 Å². The highest BCUT2D eigenvalue weighted by atomic mass is 16.1. The molecular formula is C11H20N4O. The number of hydrogen-bond donors (Lipinski definition) is 1. The lowest BCUT2D eigenvalue weighted by atomic mass is 10.1. The molecular weight excluding hydrogens is 204 g/mol. The van der Waals surface area contributed by atoms with Crippen LogP contribution < -0.4 is 5.32 Å². The van der Waals surface area contributed by atoms with Gasteiger partial charge in [-0.2, -0.15) is 0 Å². The molecule has 0 spiro atoms. The van der Waals surface area contributed by atoms with Crippen molar-refractivity contribution in [3.8, 4) is 0 Å². The van der Waals surface area contributed by atoms with Crippen molar-refractivity contribution in [2.75, 3.05) is 0 Å². The summed E-state index contributed by atoms with van der Waals surface area (Å²) in [4.78, 5) is 10.8. The number of nitrogens with one attached hydrogen (secondary N) is 1. The van der Waals surface area contributed by atoms with Crippen molar-refractivity contribution < 1.29 is 4.79 Å². The van der Waals surface area contributed by atoms with Crippen molar-refractivity contribution >= 4 is 5.78 Å². The largest absolute Gasteiger partial charge is 0.306 e. The number of carbonyl (C=O) groups is 1. The monoisotopic (exact) mass is 224 g/mol. The van der Waals surface area contributed by atoms with Gasteiger partial charge in [-0.25, -0.2) is 0 Å². The average molecular weight is 224 g/mol. The van der Waals surface area contributed by atoms with Gasteiger partial charge in [0.25, 0.3) is 0 Å². The van der Waals surface area contributed by atoms with Crippen LogP contribution in [0.2, 0.25) is 0 Å². The Hall–Kier alpha value is -1.23. The SMILES string of the molecule is CC(=O)CCn1cc(CNC(C)(C)C)nn1. The molecule has 0 saturated heterocycles. The maximum absolute atomic E-state index is 10.8. The van der Waals surface area contributed by atoms with E-state index in [0.717, 1.165) is 5.69 Å². The first kappa shape index (κ1) is 12.8. The molecule has 5 nitrogen and oxygen atoms in total. The maximum atomic E-state index is 10.8. The van der Waals surface area contributed by atoms with Gasteiger partial charge < -0.3 is 5.32 Å². The molecule has 0 bridgehead atoms. The molecule has 16 heavy (non-hydrogen) atoms. The fourth-order valence-corrected chi connectivity index (χ4v) is 1.16. The standard InChI is InChI=1S/C11H20N4O/c1-9(16)5-6-15-8-10(13-14-15)7-12-11(2,3)4/h8,12H,5-7H2,1-4H3. The Balaban J connectivity index is 2.42. The molecule has 1 aromatic heterocycles. The van der Waals surface area contributed by atoms with E-state index >= 15 is 0 Å². The second-order valence-electron chi connectivity index (χ2n) is 5.03. The number of carbonyl (C=O) groups excluding carboxylic acids is 1. The van der Waals surface area contributed by atoms with Gasteiger partial charge in [-0.15, -0.1) is 5.10 Å². The van der Waals surface area contributed by atoms with Crippen LogP contribution in [0.3, 0.4) is 0 Å². The minimum Gasteiger partial charge on any atom is -0.306 e. The molecule has 1 N–H and O–H groups in total. The van der Waals surface area contributed by atoms with E-state index in [1.807, 2.05) is 6.20 Å². The van der Waals surface area contributed by atoms with E-state index in [2.05, 4.69) is 36.4 Å². The van der Waals surface area contributed by atoms with Crippen LogP contribution in [0.15, 0.2) is 6.20 Å². The molecule has 0 saturated carbocycles. The molecule has 0 amide bonds. The molecule has 0 atom stereocenters. The second kappa shape index (κ2) is 5.21. The van der Waals surface area contributed by atoms with E-state index in [-0.39, 0.29) is 11.3 Å². The van der Waals surface area contributed by atoms with Crippen LogP contribution in [0, 0.1) is 0 Å². The van der Waals surface area contributed by atoms with Gasteiger partial charge in [0, 0.05) is 31.2 Å². The predicted octanol–water partition coefficient (Wildman–Crippen LogP) is 1.15. The van der Waals surface area contributed by atoms with Crippen molar-refractivity contribution in [1.29, 1.82) is 0 Å². The van der Waals surface area contributed by atoms with Gasteiger partial charge in [-0.05, 0) is 27.7 Å². The van der Waals surface area contributed by atoms with Crippen LogP contribution in [0.4, 0.5) is 0 Å². The molecule has 1 heterocycles. The lowest BCUT2D eigenvalue weighted by molar-refractivity contribution is -0.117. The molecule has 90 valence electrons. The van der Waals surface area contributed by atoms with E-state index in [1.165, 1.54) is 0 Å². The number of rotatable bonds is 5. The summed E-state index contributed by atoms with van der Waals surface area (Å²) in [5.74, 6) is 0.171. The summed E-state index contributed by atoms with van der Waals surface area (Å²) < 4.78 is 1.71. The minimum atomic E-state index is 0.0726. The Morgan fingerprint density at radius 2 is 2.19 bits per heavy atom. The van der Waals surface area contributed by atoms with Crippen molar-refractivity contribution in [3.63, 3.8) is 0 Å². The molecule has 5 heteroatoms. The van der Waals surface area contributed by atoms with Crippen LogP contribution in [0.5, 0.6) is 0 Å². The Morgan fingerprint density at radius 1 is 1.50 bits per heavy atom. The van der Waals surface area contributed by atoms with Crippen LogP contribution in [0.1, 0.15) is 39.8 Å². The molecule has 0 aliphatic heterocycles. The zero-order valence-corrected chi connectivity index (χ0v) is 10.4. The summed E-state index contributed by atoms with van der Waals surface area (Å²) in [7, 11) is 0. The molecule has 0 radical (unpaired) electrons. The third kappa shape index (κ3) is 5.02. The van der Waals surface area contributed by atoms with E-state index in [4.69, 9.17) is 0 Å². The minimum absolute atomic E-state index is 0.0726. The molecule has 0 aliphatic carbocycles. The van der Waals surface area contributed by atoms with Gasteiger partial charge in [0.2, 0.25) is 0 Å². The van der Waals surface area contributed by atoms with Gasteiger partial charge in [0.15, 0.2) is 0 Å². The van der Waals surface area contributed by atoms with Gasteiger partial charge in [0.05, 0.1) is 5.69 Å². The van der Waals surface area contributed by atoms with Crippen molar-refractivity contribution in [2.45, 2.75) is 52.7 Å². The summed E-state index contributed by atoms with van der Waals surface area (Å²) >= 11 is 0. The zero-order valence-electron chi connectivity index (χ0n) is 10.4. The van der Waals surface area contributed by atoms with Crippen molar-refractivity contribution in [1.82, 2.24) is 20.3 Å². The fraction of sp³-hybridized carbons (Fsp3) is 0.727. The molecule has 0 fully saturated rings. The molecule has 0 aliphatic rings. The van der Waals surface area contributed by atoms with E-state index in [0.29, 0.717) is 19.5 Å². The number of ketones is 1. The van der Waals surface area contributed by atoms with Gasteiger partial charge >= 0.3 is 0 Å². The highest BCUT2D eigenvalue weighted by molar-refractivity contribution is 5.75. The smallest absolute Gasteiger partial charge is 0.131 e. The molecule has 1 rings (SSSR count). The Kier molecular flexibility index (Phi) is 4.18. The van der Waals surface area contributed by atoms with Gasteiger partial charge in [0.1, 0.15) is 5.78 Å². The molecule has 0 unspecified atom stereocenters. The van der Waals surface area contributed by atoms with Crippen LogP contribution >= 0.6 is 0 Å². The van der Waals surface area contributed by atoms with Gasteiger partial charge in [-0.3, -0.25) is 9.48 Å². The summed E-state index contributed by atoms with van der Waals surface area (Å²) in [5.41, 5.74) is 0.974. The number of aromatic nitrogens is 3. The number of hydrogen-bond acceptors (Lipinski definition) is 4. The highest BCUT2D eigenvalue weighted by Gasteiger charge is 2.10. The summed E-state index contributed by atoms with van der Waals surface area (Å²) in [6.45, 7) is 9.20. The summed E-state index contributed by atoms with van der Waals surface area (Å²) in [6.07, 6.45) is 2.39. The first-order valence-corrected chi connectivity index (χ1v) is 5.50.